The molecule has 4 unspecified atom stereocenters. The monoisotopic (exact) mass is 244 g/mol. The minimum Gasteiger partial charge on any atom is -0.317 e. The molecule has 0 bridgehead atoms. The first kappa shape index (κ1) is 14.3. The van der Waals surface area contributed by atoms with E-state index in [2.05, 4.69) is 56.7 Å². The predicted octanol–water partition coefficient (Wildman–Crippen LogP) is 2.45. The van der Waals surface area contributed by atoms with Crippen LogP contribution in [0.1, 0.15) is 34.1 Å². The molecule has 0 radical (unpaired) electrons. The third-order valence-corrected chi connectivity index (χ3v) is 5.24. The molecule has 0 aliphatic carbocycles. The van der Waals surface area contributed by atoms with E-state index in [4.69, 9.17) is 0 Å². The van der Waals surface area contributed by atoms with Gasteiger partial charge in [0.1, 0.15) is 0 Å². The minimum atomic E-state index is 0.706. The van der Waals surface area contributed by atoms with Gasteiger partial charge >= 0.3 is 0 Å². The van der Waals surface area contributed by atoms with Gasteiger partial charge in [0.15, 0.2) is 0 Å². The van der Waals surface area contributed by atoms with Gasteiger partial charge in [-0.25, -0.2) is 0 Å². The van der Waals surface area contributed by atoms with Gasteiger partial charge in [-0.3, -0.25) is 4.90 Å². The van der Waals surface area contributed by atoms with Gasteiger partial charge in [-0.1, -0.05) is 13.8 Å². The second kappa shape index (κ2) is 6.87. The van der Waals surface area contributed by atoms with Gasteiger partial charge in [0.05, 0.1) is 0 Å². The number of hydrogen-bond acceptors (Lipinski definition) is 3. The smallest absolute Gasteiger partial charge is 0.0161 e. The van der Waals surface area contributed by atoms with E-state index in [0.717, 1.165) is 12.0 Å². The molecule has 2 nitrogen and oxygen atoms in total. The number of hydrogen-bond donors (Lipinski definition) is 1. The van der Waals surface area contributed by atoms with Crippen molar-refractivity contribution in [2.45, 2.75) is 52.2 Å². The Balaban J connectivity index is 2.49. The standard InChI is InChI=1S/C13H28N2S/c1-6-16-9-10(2)15-8-7-13(14-5)11(3)12(15)4/h10-14H,6-9H2,1-5H3. The van der Waals surface area contributed by atoms with E-state index in [1.54, 1.807) is 0 Å². The van der Waals surface area contributed by atoms with Gasteiger partial charge < -0.3 is 5.32 Å². The second-order valence-corrected chi connectivity index (χ2v) is 6.35. The molecule has 4 atom stereocenters. The van der Waals surface area contributed by atoms with Crippen molar-refractivity contribution in [3.8, 4) is 0 Å². The fourth-order valence-electron chi connectivity index (χ4n) is 2.81. The molecule has 1 rings (SSSR count). The van der Waals surface area contributed by atoms with Gasteiger partial charge in [-0.05, 0) is 39.0 Å². The first-order valence-electron chi connectivity index (χ1n) is 6.62. The topological polar surface area (TPSA) is 15.3 Å². The summed E-state index contributed by atoms with van der Waals surface area (Å²) in [6.45, 7) is 10.7. The summed E-state index contributed by atoms with van der Waals surface area (Å²) >= 11 is 2.06. The first-order valence-corrected chi connectivity index (χ1v) is 7.78. The highest BCUT2D eigenvalue weighted by Crippen LogP contribution is 2.26. The van der Waals surface area contributed by atoms with Crippen molar-refractivity contribution in [3.05, 3.63) is 0 Å². The average Bonchev–Trinajstić information content (AvgIpc) is 2.29. The summed E-state index contributed by atoms with van der Waals surface area (Å²) in [7, 11) is 2.10. The van der Waals surface area contributed by atoms with Crippen LogP contribution in [0.15, 0.2) is 0 Å². The van der Waals surface area contributed by atoms with Gasteiger partial charge in [-0.15, -0.1) is 0 Å². The lowest BCUT2D eigenvalue weighted by molar-refractivity contribution is 0.0629. The third kappa shape index (κ3) is 3.38. The summed E-state index contributed by atoms with van der Waals surface area (Å²) in [5, 5.41) is 3.45. The van der Waals surface area contributed by atoms with Crippen molar-refractivity contribution < 1.29 is 0 Å². The molecule has 0 spiro atoms. The molecule has 96 valence electrons. The number of nitrogens with zero attached hydrogens (tertiary/aromatic N) is 1. The Labute approximate surface area is 106 Å². The van der Waals surface area contributed by atoms with E-state index < -0.39 is 0 Å². The van der Waals surface area contributed by atoms with Crippen LogP contribution in [0.2, 0.25) is 0 Å². The number of rotatable bonds is 5. The van der Waals surface area contributed by atoms with Crippen LogP contribution in [0.3, 0.4) is 0 Å². The Morgan fingerprint density at radius 2 is 2.12 bits per heavy atom. The number of nitrogens with one attached hydrogen (secondary N) is 1. The van der Waals surface area contributed by atoms with Crippen LogP contribution in [-0.2, 0) is 0 Å². The first-order chi connectivity index (χ1) is 7.61. The largest absolute Gasteiger partial charge is 0.317 e. The molecule has 0 aromatic heterocycles. The zero-order valence-electron chi connectivity index (χ0n) is 11.5. The maximum absolute atomic E-state index is 3.45. The molecule has 16 heavy (non-hydrogen) atoms. The molecule has 1 aliphatic rings. The molecule has 1 aliphatic heterocycles. The van der Waals surface area contributed by atoms with Crippen molar-refractivity contribution in [3.63, 3.8) is 0 Å². The van der Waals surface area contributed by atoms with Crippen LogP contribution < -0.4 is 5.32 Å². The third-order valence-electron chi connectivity index (χ3n) is 4.12. The molecule has 3 heteroatoms. The maximum atomic E-state index is 3.45. The van der Waals surface area contributed by atoms with E-state index >= 15 is 0 Å². The van der Waals surface area contributed by atoms with Crippen molar-refractivity contribution >= 4 is 11.8 Å². The summed E-state index contributed by atoms with van der Waals surface area (Å²) < 4.78 is 0. The lowest BCUT2D eigenvalue weighted by atomic mass is 9.86. The zero-order valence-corrected chi connectivity index (χ0v) is 12.3. The highest BCUT2D eigenvalue weighted by molar-refractivity contribution is 7.99. The van der Waals surface area contributed by atoms with Crippen molar-refractivity contribution in [1.29, 1.82) is 0 Å². The fourth-order valence-corrected chi connectivity index (χ4v) is 3.57. The number of likely N-dealkylation sites (tertiary alicyclic amines) is 1. The van der Waals surface area contributed by atoms with Crippen LogP contribution in [-0.4, -0.2) is 48.1 Å². The lowest BCUT2D eigenvalue weighted by Gasteiger charge is -2.45. The molecular weight excluding hydrogens is 216 g/mol. The molecule has 1 fully saturated rings. The number of thioether (sulfide) groups is 1. The summed E-state index contributed by atoms with van der Waals surface area (Å²) in [5.74, 6) is 3.27. The van der Waals surface area contributed by atoms with Crippen LogP contribution >= 0.6 is 11.8 Å². The predicted molar refractivity (Wildman–Crippen MR) is 75.3 cm³/mol. The van der Waals surface area contributed by atoms with Crippen LogP contribution in [0.25, 0.3) is 0 Å². The molecule has 1 N–H and O–H groups in total. The van der Waals surface area contributed by atoms with Crippen LogP contribution in [0, 0.1) is 5.92 Å². The van der Waals surface area contributed by atoms with Crippen molar-refractivity contribution in [2.75, 3.05) is 25.1 Å². The van der Waals surface area contributed by atoms with Crippen LogP contribution in [0.5, 0.6) is 0 Å². The second-order valence-electron chi connectivity index (χ2n) is 5.03. The summed E-state index contributed by atoms with van der Waals surface area (Å²) in [4.78, 5) is 2.70. The molecule has 0 amide bonds. The van der Waals surface area contributed by atoms with E-state index in [1.165, 1.54) is 24.5 Å². The summed E-state index contributed by atoms with van der Waals surface area (Å²) in [6, 6.07) is 2.14. The van der Waals surface area contributed by atoms with Gasteiger partial charge in [0.25, 0.3) is 0 Å². The Morgan fingerprint density at radius 1 is 1.44 bits per heavy atom. The van der Waals surface area contributed by atoms with Crippen molar-refractivity contribution in [2.24, 2.45) is 5.92 Å². The highest BCUT2D eigenvalue weighted by atomic mass is 32.2. The summed E-state index contributed by atoms with van der Waals surface area (Å²) in [6.07, 6.45) is 1.29. The molecular formula is C13H28N2S. The quantitative estimate of drug-likeness (QED) is 0.800. The van der Waals surface area contributed by atoms with E-state index in [-0.39, 0.29) is 0 Å². The Kier molecular flexibility index (Phi) is 6.16. The molecule has 0 aromatic carbocycles. The Hall–Kier alpha value is 0.270. The Morgan fingerprint density at radius 3 is 2.69 bits per heavy atom. The molecule has 0 saturated carbocycles. The van der Waals surface area contributed by atoms with E-state index in [1.807, 2.05) is 0 Å². The number of piperidine rings is 1. The normalized spacial score (nSPS) is 33.9. The zero-order chi connectivity index (χ0) is 12.1. The summed E-state index contributed by atoms with van der Waals surface area (Å²) in [5.41, 5.74) is 0. The highest BCUT2D eigenvalue weighted by Gasteiger charge is 2.33. The SMILES string of the molecule is CCSCC(C)N1CCC(NC)C(C)C1C. The van der Waals surface area contributed by atoms with Crippen molar-refractivity contribution in [1.82, 2.24) is 10.2 Å². The molecule has 1 saturated heterocycles. The molecule has 1 heterocycles. The maximum Gasteiger partial charge on any atom is 0.0161 e. The van der Waals surface area contributed by atoms with Gasteiger partial charge in [0, 0.05) is 30.4 Å². The average molecular weight is 244 g/mol. The van der Waals surface area contributed by atoms with E-state index in [0.29, 0.717) is 12.1 Å². The molecule has 0 aromatic rings. The van der Waals surface area contributed by atoms with E-state index in [9.17, 15) is 0 Å². The van der Waals surface area contributed by atoms with Gasteiger partial charge in [0.2, 0.25) is 0 Å². The van der Waals surface area contributed by atoms with Gasteiger partial charge in [-0.2, -0.15) is 11.8 Å². The lowest BCUT2D eigenvalue weighted by Crippen LogP contribution is -2.55. The minimum absolute atomic E-state index is 0.706. The Bertz CT molecular complexity index is 198. The fraction of sp³-hybridized carbons (Fsp3) is 1.00. The van der Waals surface area contributed by atoms with Crippen LogP contribution in [0.4, 0.5) is 0 Å².